The van der Waals surface area contributed by atoms with Crippen LogP contribution in [0.3, 0.4) is 0 Å². The van der Waals surface area contributed by atoms with Gasteiger partial charge in [0.15, 0.2) is 5.03 Å². The Morgan fingerprint density at radius 3 is 2.96 bits per heavy atom. The van der Waals surface area contributed by atoms with Gasteiger partial charge in [0.2, 0.25) is 5.01 Å². The minimum Gasteiger partial charge on any atom is -0.335 e. The van der Waals surface area contributed by atoms with E-state index in [9.17, 15) is 17.6 Å². The number of halogens is 1. The van der Waals surface area contributed by atoms with Crippen LogP contribution in [0.1, 0.15) is 33.7 Å². The number of sulfonamides is 1. The molecular formula is C16H15FN6O3S2. The summed E-state index contributed by atoms with van der Waals surface area (Å²) in [6, 6.07) is 5.00. The molecule has 0 spiro atoms. The maximum absolute atomic E-state index is 13.3. The van der Waals surface area contributed by atoms with Crippen LogP contribution in [-0.4, -0.2) is 45.3 Å². The molecule has 1 fully saturated rings. The van der Waals surface area contributed by atoms with Crippen molar-refractivity contribution >= 4 is 33.0 Å². The van der Waals surface area contributed by atoms with Crippen LogP contribution in [0.5, 0.6) is 0 Å². The molecule has 1 saturated heterocycles. The van der Waals surface area contributed by atoms with Gasteiger partial charge in [-0.25, -0.2) is 17.8 Å². The van der Waals surface area contributed by atoms with Gasteiger partial charge in [-0.2, -0.15) is 4.31 Å². The third kappa shape index (κ3) is 3.53. The van der Waals surface area contributed by atoms with Crippen molar-refractivity contribution in [2.24, 2.45) is 0 Å². The van der Waals surface area contributed by atoms with Gasteiger partial charge in [-0.15, -0.1) is 10.2 Å². The van der Waals surface area contributed by atoms with Crippen molar-refractivity contribution in [3.8, 4) is 0 Å². The second-order valence-electron chi connectivity index (χ2n) is 6.10. The summed E-state index contributed by atoms with van der Waals surface area (Å²) in [5.74, 6) is -1.00. The zero-order chi connectivity index (χ0) is 19.7. The van der Waals surface area contributed by atoms with E-state index in [2.05, 4.69) is 25.5 Å². The van der Waals surface area contributed by atoms with Gasteiger partial charge >= 0.3 is 0 Å². The largest absolute Gasteiger partial charge is 0.335 e. The quantitative estimate of drug-likeness (QED) is 0.650. The molecule has 4 rings (SSSR count). The number of aromatic nitrogens is 4. The average molecular weight is 422 g/mol. The summed E-state index contributed by atoms with van der Waals surface area (Å²) in [5.41, 5.74) is 0.297. The van der Waals surface area contributed by atoms with Crippen molar-refractivity contribution in [2.75, 3.05) is 11.9 Å². The predicted molar refractivity (Wildman–Crippen MR) is 98.7 cm³/mol. The Hall–Kier alpha value is -2.70. The molecule has 1 amide bonds. The first-order valence-corrected chi connectivity index (χ1v) is 10.6. The molecule has 0 radical (unpaired) electrons. The Balaban J connectivity index is 1.54. The summed E-state index contributed by atoms with van der Waals surface area (Å²) in [6.07, 6.45) is 3.80. The first-order chi connectivity index (χ1) is 13.4. The summed E-state index contributed by atoms with van der Waals surface area (Å²) in [7, 11) is -3.75. The zero-order valence-corrected chi connectivity index (χ0v) is 16.0. The van der Waals surface area contributed by atoms with E-state index in [4.69, 9.17) is 0 Å². The highest BCUT2D eigenvalue weighted by Gasteiger charge is 2.39. The molecule has 2 aromatic heterocycles. The molecule has 0 aliphatic carbocycles. The molecule has 9 nitrogen and oxygen atoms in total. The van der Waals surface area contributed by atoms with Crippen molar-refractivity contribution in [1.82, 2.24) is 24.5 Å². The van der Waals surface area contributed by atoms with Gasteiger partial charge in [-0.3, -0.25) is 4.79 Å². The number of hydrogen-bond donors (Lipinski definition) is 2. The Kier molecular flexibility index (Phi) is 4.91. The lowest BCUT2D eigenvalue weighted by atomic mass is 10.2. The molecule has 2 N–H and O–H groups in total. The molecule has 146 valence electrons. The van der Waals surface area contributed by atoms with Crippen molar-refractivity contribution in [3.05, 3.63) is 52.6 Å². The fourth-order valence-electron chi connectivity index (χ4n) is 3.00. The van der Waals surface area contributed by atoms with E-state index in [1.807, 2.05) is 0 Å². The van der Waals surface area contributed by atoms with Crippen LogP contribution in [0, 0.1) is 5.82 Å². The molecule has 1 atom stereocenters. The molecular weight excluding hydrogens is 407 g/mol. The number of amides is 1. The summed E-state index contributed by atoms with van der Waals surface area (Å²) in [4.78, 5) is 18.7. The number of H-pyrrole nitrogens is 1. The number of aromatic amines is 1. The molecule has 3 heterocycles. The summed E-state index contributed by atoms with van der Waals surface area (Å²) >= 11 is 1.02. The Labute approximate surface area is 163 Å². The molecule has 1 aromatic carbocycles. The summed E-state index contributed by atoms with van der Waals surface area (Å²) in [5, 5.41) is 11.0. The topological polar surface area (TPSA) is 121 Å². The predicted octanol–water partition coefficient (Wildman–Crippen LogP) is 2.18. The second kappa shape index (κ2) is 7.37. The fraction of sp³-hybridized carbons (Fsp3) is 0.250. The van der Waals surface area contributed by atoms with Crippen molar-refractivity contribution in [3.63, 3.8) is 0 Å². The fourth-order valence-corrected chi connectivity index (χ4v) is 5.51. The monoisotopic (exact) mass is 422 g/mol. The van der Waals surface area contributed by atoms with Crippen molar-refractivity contribution < 1.29 is 17.6 Å². The standard InChI is InChI=1S/C16H15FN6O3S2/c17-10-3-1-4-11(7-10)20-14(24)16-22-21-15(27-16)12-5-2-6-23(12)28(25,26)13-8-18-9-19-13/h1,3-4,7-9,12H,2,5-6H2,(H,18,19)(H,20,24)/t12-/m0/s1. The van der Waals surface area contributed by atoms with E-state index >= 15 is 0 Å². The van der Waals surface area contributed by atoms with Gasteiger partial charge in [-0.1, -0.05) is 17.4 Å². The van der Waals surface area contributed by atoms with E-state index in [0.29, 0.717) is 30.1 Å². The second-order valence-corrected chi connectivity index (χ2v) is 8.97. The van der Waals surface area contributed by atoms with E-state index in [1.54, 1.807) is 6.07 Å². The number of nitrogens with one attached hydrogen (secondary N) is 2. The van der Waals surface area contributed by atoms with Crippen LogP contribution in [0.4, 0.5) is 10.1 Å². The van der Waals surface area contributed by atoms with E-state index in [1.165, 1.54) is 35.0 Å². The average Bonchev–Trinajstić information content (AvgIpc) is 3.42. The van der Waals surface area contributed by atoms with Gasteiger partial charge in [0.1, 0.15) is 10.8 Å². The lowest BCUT2D eigenvalue weighted by molar-refractivity contribution is 0.102. The Bertz CT molecular complexity index is 1100. The minimum absolute atomic E-state index is 0.00739. The summed E-state index contributed by atoms with van der Waals surface area (Å²) < 4.78 is 40.2. The van der Waals surface area contributed by atoms with Crippen molar-refractivity contribution in [2.45, 2.75) is 23.9 Å². The van der Waals surface area contributed by atoms with E-state index in [-0.39, 0.29) is 10.0 Å². The highest BCUT2D eigenvalue weighted by atomic mass is 32.2. The molecule has 0 saturated carbocycles. The van der Waals surface area contributed by atoms with Crippen LogP contribution < -0.4 is 5.32 Å². The molecule has 28 heavy (non-hydrogen) atoms. The highest BCUT2D eigenvalue weighted by Crippen LogP contribution is 2.37. The molecule has 3 aromatic rings. The first-order valence-electron chi connectivity index (χ1n) is 8.36. The number of carbonyl (C=O) groups excluding carboxylic acids is 1. The molecule has 1 aliphatic rings. The van der Waals surface area contributed by atoms with Crippen LogP contribution in [0.2, 0.25) is 0 Å². The minimum atomic E-state index is -3.75. The third-order valence-electron chi connectivity index (χ3n) is 4.27. The van der Waals surface area contributed by atoms with Gasteiger partial charge in [0.25, 0.3) is 15.9 Å². The maximum Gasteiger partial charge on any atom is 0.286 e. The Morgan fingerprint density at radius 1 is 1.36 bits per heavy atom. The van der Waals surface area contributed by atoms with Crippen LogP contribution in [0.25, 0.3) is 0 Å². The van der Waals surface area contributed by atoms with Gasteiger partial charge in [-0.05, 0) is 31.0 Å². The van der Waals surface area contributed by atoms with E-state index < -0.39 is 27.8 Å². The van der Waals surface area contributed by atoms with Crippen molar-refractivity contribution in [1.29, 1.82) is 0 Å². The number of benzene rings is 1. The number of hydrogen-bond acceptors (Lipinski definition) is 7. The van der Waals surface area contributed by atoms with E-state index in [0.717, 1.165) is 11.3 Å². The van der Waals surface area contributed by atoms with Gasteiger partial charge < -0.3 is 10.3 Å². The molecule has 0 bridgehead atoms. The number of nitrogens with zero attached hydrogens (tertiary/aromatic N) is 4. The third-order valence-corrected chi connectivity index (χ3v) is 7.12. The molecule has 1 aliphatic heterocycles. The number of anilines is 1. The smallest absolute Gasteiger partial charge is 0.286 e. The molecule has 0 unspecified atom stereocenters. The van der Waals surface area contributed by atoms with Crippen LogP contribution in [0.15, 0.2) is 41.8 Å². The lowest BCUT2D eigenvalue weighted by Crippen LogP contribution is -2.30. The molecule has 12 heteroatoms. The maximum atomic E-state index is 13.3. The number of carbonyl (C=O) groups is 1. The summed E-state index contributed by atoms with van der Waals surface area (Å²) in [6.45, 7) is 0.344. The number of rotatable bonds is 5. The number of imidazole rings is 1. The normalized spacial score (nSPS) is 17.7. The SMILES string of the molecule is O=C(Nc1cccc(F)c1)c1nnc([C@@H]2CCCN2S(=O)(=O)c2cnc[nH]2)s1. The first kappa shape index (κ1) is 18.7. The van der Waals surface area contributed by atoms with Crippen LogP contribution >= 0.6 is 11.3 Å². The van der Waals surface area contributed by atoms with Gasteiger partial charge in [0.05, 0.1) is 18.6 Å². The van der Waals surface area contributed by atoms with Crippen LogP contribution in [-0.2, 0) is 10.0 Å². The van der Waals surface area contributed by atoms with Gasteiger partial charge in [0, 0.05) is 12.2 Å². The zero-order valence-electron chi connectivity index (χ0n) is 14.4. The Morgan fingerprint density at radius 2 is 2.21 bits per heavy atom. The highest BCUT2D eigenvalue weighted by molar-refractivity contribution is 7.89. The lowest BCUT2D eigenvalue weighted by Gasteiger charge is -2.20.